The molecule has 1 amide bonds. The molecule has 1 fully saturated rings. The first-order valence-electron chi connectivity index (χ1n) is 9.18. The van der Waals surface area contributed by atoms with Gasteiger partial charge in [0.1, 0.15) is 5.76 Å². The molecule has 3 unspecified atom stereocenters. The molecule has 1 aromatic carbocycles. The van der Waals surface area contributed by atoms with E-state index in [0.29, 0.717) is 23.4 Å². The van der Waals surface area contributed by atoms with Gasteiger partial charge in [0.2, 0.25) is 0 Å². The molecule has 0 bridgehead atoms. The summed E-state index contributed by atoms with van der Waals surface area (Å²) in [6, 6.07) is 12.5. The van der Waals surface area contributed by atoms with Gasteiger partial charge in [0.05, 0.1) is 18.0 Å². The Kier molecular flexibility index (Phi) is 5.07. The van der Waals surface area contributed by atoms with Gasteiger partial charge in [0.25, 0.3) is 5.91 Å². The minimum absolute atomic E-state index is 0.0412. The first kappa shape index (κ1) is 17.6. The molecule has 0 saturated carbocycles. The second-order valence-electron chi connectivity index (χ2n) is 7.12. The van der Waals surface area contributed by atoms with Gasteiger partial charge in [-0.2, -0.15) is 0 Å². The lowest BCUT2D eigenvalue weighted by Gasteiger charge is -2.25. The summed E-state index contributed by atoms with van der Waals surface area (Å²) >= 11 is 1.79. The molecule has 26 heavy (non-hydrogen) atoms. The number of fused-ring (bicyclic) bond motifs is 1. The Hall–Kier alpha value is -1.76. The molecule has 1 aliphatic heterocycles. The van der Waals surface area contributed by atoms with Gasteiger partial charge >= 0.3 is 0 Å². The number of carbonyl (C=O) groups is 1. The topological polar surface area (TPSA) is 71.5 Å². The summed E-state index contributed by atoms with van der Waals surface area (Å²) in [4.78, 5) is 14.8. The number of hydrogen-bond acceptors (Lipinski definition) is 5. The molecule has 4 rings (SSSR count). The van der Waals surface area contributed by atoms with Crippen molar-refractivity contribution in [2.75, 3.05) is 18.2 Å². The highest BCUT2D eigenvalue weighted by molar-refractivity contribution is 7.99. The normalized spacial score (nSPS) is 23.2. The van der Waals surface area contributed by atoms with Crippen LogP contribution >= 0.6 is 11.8 Å². The molecule has 2 aromatic rings. The van der Waals surface area contributed by atoms with Crippen molar-refractivity contribution in [3.05, 3.63) is 59.0 Å². The van der Waals surface area contributed by atoms with Crippen LogP contribution in [0, 0.1) is 0 Å². The number of nitrogens with one attached hydrogen (secondary N) is 1. The lowest BCUT2D eigenvalue weighted by atomic mass is 10.1. The quantitative estimate of drug-likeness (QED) is 0.845. The maximum atomic E-state index is 12.8. The van der Waals surface area contributed by atoms with Crippen molar-refractivity contribution in [1.82, 2.24) is 10.2 Å². The minimum atomic E-state index is -0.204. The lowest BCUT2D eigenvalue weighted by molar-refractivity contribution is 0.0710. The predicted molar refractivity (Wildman–Crippen MR) is 104 cm³/mol. The average Bonchev–Trinajstić information content (AvgIpc) is 3.38. The Bertz CT molecular complexity index is 789. The molecular formula is C20H25N3O2S. The number of carbonyl (C=O) groups excluding carboxylic acids is 1. The number of nitrogens with two attached hydrogens (primary N) is 1. The van der Waals surface area contributed by atoms with E-state index in [0.717, 1.165) is 25.1 Å². The van der Waals surface area contributed by atoms with E-state index >= 15 is 0 Å². The number of furan rings is 1. The summed E-state index contributed by atoms with van der Waals surface area (Å²) in [5, 5.41) is 3.68. The van der Waals surface area contributed by atoms with Crippen molar-refractivity contribution in [3.8, 4) is 0 Å². The summed E-state index contributed by atoms with van der Waals surface area (Å²) < 4.78 is 5.65. The van der Waals surface area contributed by atoms with Crippen LogP contribution in [0.3, 0.4) is 0 Å². The first-order valence-corrected chi connectivity index (χ1v) is 10.3. The molecule has 1 aliphatic carbocycles. The number of rotatable bonds is 5. The van der Waals surface area contributed by atoms with Crippen molar-refractivity contribution < 1.29 is 9.21 Å². The molecule has 6 heteroatoms. The van der Waals surface area contributed by atoms with Crippen LogP contribution in [0.4, 0.5) is 0 Å². The first-order chi connectivity index (χ1) is 12.6. The molecule has 0 spiro atoms. The minimum Gasteiger partial charge on any atom is -0.454 e. The number of thioether (sulfide) groups is 1. The molecule has 2 heterocycles. The van der Waals surface area contributed by atoms with Gasteiger partial charge in [-0.3, -0.25) is 4.79 Å². The standard InChI is InChI=1S/C20H25N3O2S/c1-13(21)18-8-9-19(25-18)20(24)23-12-26-11-15(23)10-22-17-7-6-14-4-2-3-5-16(14)17/h2-5,8-9,13,15,17,22H,6-7,10-12,21H2,1H3. The summed E-state index contributed by atoms with van der Waals surface area (Å²) in [6.45, 7) is 2.66. The Labute approximate surface area is 158 Å². The van der Waals surface area contributed by atoms with Gasteiger partial charge in [-0.05, 0) is 43.0 Å². The lowest BCUT2D eigenvalue weighted by Crippen LogP contribution is -2.43. The second kappa shape index (κ2) is 7.47. The molecule has 3 atom stereocenters. The van der Waals surface area contributed by atoms with E-state index in [2.05, 4.69) is 29.6 Å². The third kappa shape index (κ3) is 3.41. The van der Waals surface area contributed by atoms with Gasteiger partial charge in [-0.15, -0.1) is 11.8 Å². The zero-order valence-corrected chi connectivity index (χ0v) is 15.8. The zero-order valence-electron chi connectivity index (χ0n) is 15.0. The highest BCUT2D eigenvalue weighted by Crippen LogP contribution is 2.31. The fourth-order valence-corrected chi connectivity index (χ4v) is 4.98. The highest BCUT2D eigenvalue weighted by atomic mass is 32.2. The monoisotopic (exact) mass is 371 g/mol. The highest BCUT2D eigenvalue weighted by Gasteiger charge is 2.32. The van der Waals surface area contributed by atoms with Crippen molar-refractivity contribution in [3.63, 3.8) is 0 Å². The molecule has 2 aliphatic rings. The summed E-state index contributed by atoms with van der Waals surface area (Å²) in [5.74, 6) is 2.66. The predicted octanol–water partition coefficient (Wildman–Crippen LogP) is 3.09. The number of benzene rings is 1. The van der Waals surface area contributed by atoms with E-state index in [1.54, 1.807) is 23.9 Å². The zero-order chi connectivity index (χ0) is 18.1. The summed E-state index contributed by atoms with van der Waals surface area (Å²) in [6.07, 6.45) is 2.26. The second-order valence-corrected chi connectivity index (χ2v) is 8.12. The van der Waals surface area contributed by atoms with Gasteiger partial charge in [0, 0.05) is 18.3 Å². The van der Waals surface area contributed by atoms with Crippen LogP contribution < -0.4 is 11.1 Å². The Balaban J connectivity index is 1.40. The van der Waals surface area contributed by atoms with Crippen LogP contribution in [-0.4, -0.2) is 35.0 Å². The van der Waals surface area contributed by atoms with Gasteiger partial charge in [-0.1, -0.05) is 24.3 Å². The van der Waals surface area contributed by atoms with Crippen molar-refractivity contribution in [2.24, 2.45) is 5.73 Å². The summed E-state index contributed by atoms with van der Waals surface area (Å²) in [5.41, 5.74) is 8.68. The van der Waals surface area contributed by atoms with E-state index in [1.807, 2.05) is 11.8 Å². The van der Waals surface area contributed by atoms with Crippen molar-refractivity contribution in [2.45, 2.75) is 37.9 Å². The maximum absolute atomic E-state index is 12.8. The van der Waals surface area contributed by atoms with Crippen LogP contribution in [0.5, 0.6) is 0 Å². The third-order valence-corrected chi connectivity index (χ3v) is 6.34. The third-order valence-electron chi connectivity index (χ3n) is 5.26. The fourth-order valence-electron chi connectivity index (χ4n) is 3.78. The van der Waals surface area contributed by atoms with Crippen LogP contribution in [-0.2, 0) is 6.42 Å². The largest absolute Gasteiger partial charge is 0.454 e. The van der Waals surface area contributed by atoms with Gasteiger partial charge in [0.15, 0.2) is 5.76 Å². The smallest absolute Gasteiger partial charge is 0.290 e. The fraction of sp³-hybridized carbons (Fsp3) is 0.450. The Morgan fingerprint density at radius 1 is 1.38 bits per heavy atom. The maximum Gasteiger partial charge on any atom is 0.290 e. The van der Waals surface area contributed by atoms with Crippen LogP contribution in [0.15, 0.2) is 40.8 Å². The number of hydrogen-bond donors (Lipinski definition) is 2. The van der Waals surface area contributed by atoms with Crippen LogP contribution in [0.25, 0.3) is 0 Å². The molecule has 138 valence electrons. The van der Waals surface area contributed by atoms with E-state index in [4.69, 9.17) is 10.2 Å². The van der Waals surface area contributed by atoms with E-state index in [-0.39, 0.29) is 18.0 Å². The molecule has 3 N–H and O–H groups in total. The van der Waals surface area contributed by atoms with E-state index in [1.165, 1.54) is 11.1 Å². The van der Waals surface area contributed by atoms with Crippen molar-refractivity contribution >= 4 is 17.7 Å². The summed E-state index contributed by atoms with van der Waals surface area (Å²) in [7, 11) is 0. The van der Waals surface area contributed by atoms with Gasteiger partial charge < -0.3 is 20.4 Å². The molecule has 1 aromatic heterocycles. The molecular weight excluding hydrogens is 346 g/mol. The SMILES string of the molecule is CC(N)c1ccc(C(=O)N2CSCC2CNC2CCc3ccccc32)o1. The van der Waals surface area contributed by atoms with Crippen LogP contribution in [0.2, 0.25) is 0 Å². The number of aryl methyl sites for hydroxylation is 1. The number of nitrogens with zero attached hydrogens (tertiary/aromatic N) is 1. The van der Waals surface area contributed by atoms with Crippen LogP contribution in [0.1, 0.15) is 52.9 Å². The number of amides is 1. The Morgan fingerprint density at radius 2 is 2.23 bits per heavy atom. The van der Waals surface area contributed by atoms with E-state index < -0.39 is 0 Å². The molecule has 5 nitrogen and oxygen atoms in total. The Morgan fingerprint density at radius 3 is 3.04 bits per heavy atom. The average molecular weight is 372 g/mol. The van der Waals surface area contributed by atoms with Crippen molar-refractivity contribution in [1.29, 1.82) is 0 Å². The molecule has 0 radical (unpaired) electrons. The van der Waals surface area contributed by atoms with Gasteiger partial charge in [-0.25, -0.2) is 0 Å². The van der Waals surface area contributed by atoms with E-state index in [9.17, 15) is 4.79 Å². The molecule has 1 saturated heterocycles.